The second kappa shape index (κ2) is 7.43. The highest BCUT2D eigenvalue weighted by atomic mass is 127. The summed E-state index contributed by atoms with van der Waals surface area (Å²) >= 11 is 2.51. The van der Waals surface area contributed by atoms with Gasteiger partial charge in [-0.2, -0.15) is 12.6 Å². The van der Waals surface area contributed by atoms with Crippen molar-refractivity contribution in [3.8, 4) is 5.75 Å². The molecule has 0 spiro atoms. The smallest absolute Gasteiger partial charge is 0.339 e. The molecule has 19 heavy (non-hydrogen) atoms. The Morgan fingerprint density at radius 2 is 2.21 bits per heavy atom. The first-order chi connectivity index (χ1) is 8.99. The van der Waals surface area contributed by atoms with Gasteiger partial charge in [0.1, 0.15) is 11.3 Å². The van der Waals surface area contributed by atoms with Gasteiger partial charge in [-0.25, -0.2) is 7.86 Å². The van der Waals surface area contributed by atoms with Crippen LogP contribution < -0.4 is 8.27 Å². The molecule has 0 saturated carbocycles. The van der Waals surface area contributed by atoms with E-state index in [1.807, 2.05) is 0 Å². The third-order valence-corrected chi connectivity index (χ3v) is 3.53. The van der Waals surface area contributed by atoms with E-state index in [1.54, 1.807) is 6.07 Å². The zero-order chi connectivity index (χ0) is 14.4. The molecule has 8 heteroatoms. The number of ether oxygens (including phenoxy) is 1. The minimum Gasteiger partial charge on any atom is -0.496 e. The highest BCUT2D eigenvalue weighted by molar-refractivity contribution is 14.1. The molecule has 0 bridgehead atoms. The van der Waals surface area contributed by atoms with Gasteiger partial charge in [0.15, 0.2) is 0 Å². The van der Waals surface area contributed by atoms with Crippen molar-refractivity contribution in [3.63, 3.8) is 0 Å². The predicted molar refractivity (Wildman–Crippen MR) is 79.3 cm³/mol. The second-order valence-corrected chi connectivity index (χ2v) is 5.20. The number of nitrogens with one attached hydrogen (secondary N) is 1. The number of hydrogen-bond acceptors (Lipinski definition) is 5. The summed E-state index contributed by atoms with van der Waals surface area (Å²) in [5.41, 5.74) is 0.662. The number of halogens is 1. The van der Waals surface area contributed by atoms with Crippen LogP contribution in [0.2, 0.25) is 0 Å². The molecule has 2 N–H and O–H groups in total. The maximum Gasteiger partial charge on any atom is 0.339 e. The molecule has 0 aromatic heterocycles. The number of rotatable bonds is 6. The lowest BCUT2D eigenvalue weighted by Crippen LogP contribution is -2.26. The van der Waals surface area contributed by atoms with Crippen molar-refractivity contribution in [1.82, 2.24) is 3.53 Å². The lowest BCUT2D eigenvalue weighted by atomic mass is 10.0. The maximum atomic E-state index is 11.4. The van der Waals surface area contributed by atoms with Gasteiger partial charge in [0.05, 0.1) is 12.4 Å². The molecule has 1 amide bonds. The lowest BCUT2D eigenvalue weighted by Gasteiger charge is -2.10. The van der Waals surface area contributed by atoms with Crippen LogP contribution in [0.1, 0.15) is 15.9 Å². The summed E-state index contributed by atoms with van der Waals surface area (Å²) in [5, 5.41) is 8.36. The van der Waals surface area contributed by atoms with E-state index in [4.69, 9.17) is 9.84 Å². The van der Waals surface area contributed by atoms with Crippen LogP contribution in [0.5, 0.6) is 5.75 Å². The lowest BCUT2D eigenvalue weighted by molar-refractivity contribution is -0.118. The Bertz CT molecular complexity index is 508. The third kappa shape index (κ3) is 4.46. The molecule has 0 fully saturated rings. The number of aromatic carboxylic acids is 1. The molecular weight excluding hydrogens is 385 g/mol. The zero-order valence-corrected chi connectivity index (χ0v) is 13.0. The van der Waals surface area contributed by atoms with E-state index in [9.17, 15) is 12.7 Å². The Kier molecular flexibility index (Phi) is 6.22. The number of hydrogen-bond donors (Lipinski definition) is 3. The molecule has 1 unspecified atom stereocenters. The van der Waals surface area contributed by atoms with Crippen molar-refractivity contribution in [3.05, 3.63) is 29.3 Å². The monoisotopic (exact) mass is 397 g/mol. The van der Waals surface area contributed by atoms with Crippen LogP contribution in [0.4, 0.5) is 0 Å². The van der Waals surface area contributed by atoms with Crippen LogP contribution in [0.3, 0.4) is 0 Å². The van der Waals surface area contributed by atoms with Gasteiger partial charge in [0.2, 0.25) is 5.91 Å². The molecule has 0 aliphatic heterocycles. The largest absolute Gasteiger partial charge is 0.496 e. The summed E-state index contributed by atoms with van der Waals surface area (Å²) in [6.45, 7) is 0. The SMILES string of the molecule is COc1ccc(CC(S)C(=O)NI=O)cc1C(=O)O. The van der Waals surface area contributed by atoms with E-state index in [0.717, 1.165) is 0 Å². The average Bonchev–Trinajstić information content (AvgIpc) is 2.38. The van der Waals surface area contributed by atoms with Crippen LogP contribution in [0, 0.1) is 0 Å². The van der Waals surface area contributed by atoms with E-state index < -0.39 is 38.6 Å². The molecule has 1 atom stereocenters. The fourth-order valence-corrected chi connectivity index (χ4v) is 2.58. The quantitative estimate of drug-likeness (QED) is 0.385. The van der Waals surface area contributed by atoms with E-state index in [-0.39, 0.29) is 17.7 Å². The van der Waals surface area contributed by atoms with Gasteiger partial charge < -0.3 is 9.84 Å². The van der Waals surface area contributed by atoms with Gasteiger partial charge in [0.25, 0.3) is 21.5 Å². The van der Waals surface area contributed by atoms with E-state index in [1.165, 1.54) is 19.2 Å². The van der Waals surface area contributed by atoms with E-state index in [0.29, 0.717) is 5.56 Å². The van der Waals surface area contributed by atoms with Crippen LogP contribution in [-0.2, 0) is 14.3 Å². The number of benzene rings is 1. The predicted octanol–water partition coefficient (Wildman–Crippen LogP) is 1.58. The Balaban J connectivity index is 2.91. The van der Waals surface area contributed by atoms with Crippen molar-refractivity contribution < 1.29 is 22.5 Å². The molecule has 0 radical (unpaired) electrons. The Hall–Kier alpha value is -1.16. The minimum absolute atomic E-state index is 0.0252. The van der Waals surface area contributed by atoms with Gasteiger partial charge in [-0.05, 0) is 24.1 Å². The first-order valence-electron chi connectivity index (χ1n) is 5.13. The normalized spacial score (nSPS) is 11.7. The zero-order valence-electron chi connectivity index (χ0n) is 9.92. The third-order valence-electron chi connectivity index (χ3n) is 2.36. The van der Waals surface area contributed by atoms with Crippen molar-refractivity contribution in [2.24, 2.45) is 0 Å². The molecule has 0 heterocycles. The van der Waals surface area contributed by atoms with Crippen LogP contribution in [0.25, 0.3) is 0 Å². The summed E-state index contributed by atoms with van der Waals surface area (Å²) in [6, 6.07) is 4.62. The second-order valence-electron chi connectivity index (χ2n) is 3.60. The van der Waals surface area contributed by atoms with Crippen LogP contribution in [-0.4, -0.2) is 29.3 Å². The fourth-order valence-electron chi connectivity index (χ4n) is 1.47. The molecule has 6 nitrogen and oxygen atoms in total. The first-order valence-corrected chi connectivity index (χ1v) is 7.61. The van der Waals surface area contributed by atoms with E-state index in [2.05, 4.69) is 16.2 Å². The minimum atomic E-state index is -1.58. The standard InChI is InChI=1S/C11H12INO5S/c1-18-8-3-2-6(4-7(8)11(15)16)5-9(19)10(14)13-12-17/h2-4,9,19H,5H2,1H3,(H,15,16)(H,13,14,17). The molecule has 1 aromatic carbocycles. The molecule has 1 aromatic rings. The molecule has 1 rings (SSSR count). The van der Waals surface area contributed by atoms with Gasteiger partial charge in [-0.15, -0.1) is 0 Å². The highest BCUT2D eigenvalue weighted by Crippen LogP contribution is 2.21. The molecular formula is C11H12INO5S. The Morgan fingerprint density at radius 3 is 2.74 bits per heavy atom. The summed E-state index contributed by atoms with van der Waals surface area (Å²) in [6.07, 6.45) is 0.239. The number of amides is 1. The number of carbonyl (C=O) groups is 2. The maximum absolute atomic E-state index is 11.4. The van der Waals surface area contributed by atoms with Crippen molar-refractivity contribution in [2.45, 2.75) is 11.7 Å². The van der Waals surface area contributed by atoms with Gasteiger partial charge in [0, 0.05) is 0 Å². The molecule has 0 aliphatic carbocycles. The van der Waals surface area contributed by atoms with E-state index >= 15 is 0 Å². The number of thiol groups is 1. The summed E-state index contributed by atoms with van der Waals surface area (Å²) in [5.74, 6) is -1.29. The van der Waals surface area contributed by atoms with Gasteiger partial charge in [-0.1, -0.05) is 6.07 Å². The number of carboxylic acids is 1. The van der Waals surface area contributed by atoms with Crippen molar-refractivity contribution in [1.29, 1.82) is 0 Å². The molecule has 0 aliphatic rings. The summed E-state index contributed by atoms with van der Waals surface area (Å²) in [4.78, 5) is 22.4. The number of carbonyl (C=O) groups excluding carboxylic acids is 1. The highest BCUT2D eigenvalue weighted by Gasteiger charge is 2.17. The van der Waals surface area contributed by atoms with Crippen LogP contribution >= 0.6 is 34.1 Å². The van der Waals surface area contributed by atoms with Crippen LogP contribution in [0.15, 0.2) is 18.2 Å². The van der Waals surface area contributed by atoms with Crippen molar-refractivity contribution in [2.75, 3.05) is 7.11 Å². The Morgan fingerprint density at radius 1 is 1.53 bits per heavy atom. The molecule has 104 valence electrons. The number of methoxy groups -OCH3 is 1. The van der Waals surface area contributed by atoms with Gasteiger partial charge >= 0.3 is 5.97 Å². The van der Waals surface area contributed by atoms with Gasteiger partial charge in [-0.3, -0.25) is 8.32 Å². The average molecular weight is 397 g/mol. The molecule has 0 saturated heterocycles. The number of carboxylic acid groups (broad SMARTS) is 1. The van der Waals surface area contributed by atoms with Crippen molar-refractivity contribution >= 4 is 46.0 Å². The summed E-state index contributed by atoms with van der Waals surface area (Å²) in [7, 11) is 1.38. The first kappa shape index (κ1) is 15.9. The Labute approximate surface area is 125 Å². The summed E-state index contributed by atoms with van der Waals surface area (Å²) < 4.78 is 17.5. The topological polar surface area (TPSA) is 92.7 Å². The fraction of sp³-hybridized carbons (Fsp3) is 0.273.